The minimum Gasteiger partial charge on any atom is -0.496 e. The number of amides is 1. The van der Waals surface area contributed by atoms with Crippen LogP contribution in [0.5, 0.6) is 5.75 Å². The zero-order chi connectivity index (χ0) is 17.4. The fourth-order valence-electron chi connectivity index (χ4n) is 3.45. The molecule has 1 N–H and O–H groups in total. The molecular formula is C20H21N3O2. The van der Waals surface area contributed by atoms with Gasteiger partial charge in [0.2, 0.25) is 5.91 Å². The Kier molecular flexibility index (Phi) is 3.92. The van der Waals surface area contributed by atoms with Crippen LogP contribution in [-0.4, -0.2) is 34.9 Å². The van der Waals surface area contributed by atoms with Crippen molar-refractivity contribution in [1.82, 2.24) is 14.9 Å². The van der Waals surface area contributed by atoms with Gasteiger partial charge in [-0.15, -0.1) is 0 Å². The fraction of sp³-hybridized carbons (Fsp3) is 0.300. The highest BCUT2D eigenvalue weighted by atomic mass is 16.5. The number of carbonyl (C=O) groups is 1. The predicted molar refractivity (Wildman–Crippen MR) is 96.4 cm³/mol. The molecule has 0 spiro atoms. The lowest BCUT2D eigenvalue weighted by Gasteiger charge is -2.16. The van der Waals surface area contributed by atoms with Crippen LogP contribution in [0.2, 0.25) is 0 Å². The maximum Gasteiger partial charge on any atom is 0.226 e. The van der Waals surface area contributed by atoms with Gasteiger partial charge in [0.15, 0.2) is 0 Å². The van der Waals surface area contributed by atoms with Crippen LogP contribution in [-0.2, 0) is 11.3 Å². The van der Waals surface area contributed by atoms with E-state index in [2.05, 4.69) is 16.0 Å². The number of ether oxygens (including phenoxy) is 1. The minimum atomic E-state index is 0.0330. The van der Waals surface area contributed by atoms with Crippen LogP contribution in [0, 0.1) is 5.92 Å². The number of para-hydroxylation sites is 3. The van der Waals surface area contributed by atoms with Crippen LogP contribution in [0.3, 0.4) is 0 Å². The van der Waals surface area contributed by atoms with Gasteiger partial charge in [0.25, 0.3) is 0 Å². The molecule has 0 unspecified atom stereocenters. The average molecular weight is 335 g/mol. The van der Waals surface area contributed by atoms with Crippen molar-refractivity contribution in [1.29, 1.82) is 0 Å². The van der Waals surface area contributed by atoms with E-state index in [0.29, 0.717) is 6.54 Å². The SMILES string of the molecule is COc1ccccc1[C@H]1C[C@@H]1C(=O)N(C)Cc1nc2ccccc2[nH]1. The second kappa shape index (κ2) is 6.24. The lowest BCUT2D eigenvalue weighted by Crippen LogP contribution is -2.28. The van der Waals surface area contributed by atoms with Crippen molar-refractivity contribution < 1.29 is 9.53 Å². The van der Waals surface area contributed by atoms with E-state index in [-0.39, 0.29) is 17.7 Å². The van der Waals surface area contributed by atoms with Gasteiger partial charge in [0, 0.05) is 13.0 Å². The van der Waals surface area contributed by atoms with Gasteiger partial charge < -0.3 is 14.6 Å². The van der Waals surface area contributed by atoms with Crippen LogP contribution in [0.1, 0.15) is 23.7 Å². The molecule has 0 radical (unpaired) electrons. The van der Waals surface area contributed by atoms with Gasteiger partial charge in [-0.1, -0.05) is 30.3 Å². The van der Waals surface area contributed by atoms with Crippen molar-refractivity contribution in [2.75, 3.05) is 14.2 Å². The molecule has 25 heavy (non-hydrogen) atoms. The van der Waals surface area contributed by atoms with Gasteiger partial charge in [-0.05, 0) is 36.1 Å². The van der Waals surface area contributed by atoms with Gasteiger partial charge in [-0.25, -0.2) is 4.98 Å². The number of rotatable bonds is 5. The van der Waals surface area contributed by atoms with Gasteiger partial charge in [0.1, 0.15) is 11.6 Å². The standard InChI is InChI=1S/C20H21N3O2/c1-23(12-19-21-16-8-4-5-9-17(16)22-19)20(24)15-11-14(15)13-7-3-6-10-18(13)25-2/h3-10,14-15H,11-12H2,1-2H3,(H,21,22)/t14-,15+/m1/s1. The number of hydrogen-bond donors (Lipinski definition) is 1. The van der Waals surface area contributed by atoms with Crippen molar-refractivity contribution in [3.05, 3.63) is 59.9 Å². The molecule has 2 atom stereocenters. The Morgan fingerprint density at radius 2 is 2.00 bits per heavy atom. The number of nitrogens with one attached hydrogen (secondary N) is 1. The third-order valence-electron chi connectivity index (χ3n) is 4.85. The molecule has 5 heteroatoms. The molecule has 1 aliphatic rings. The van der Waals surface area contributed by atoms with Gasteiger partial charge in [-0.2, -0.15) is 0 Å². The molecule has 4 rings (SSSR count). The lowest BCUT2D eigenvalue weighted by atomic mass is 10.1. The first-order valence-electron chi connectivity index (χ1n) is 8.49. The minimum absolute atomic E-state index is 0.0330. The molecule has 3 aromatic rings. The van der Waals surface area contributed by atoms with E-state index in [0.717, 1.165) is 34.6 Å². The number of benzene rings is 2. The van der Waals surface area contributed by atoms with E-state index in [1.807, 2.05) is 49.5 Å². The van der Waals surface area contributed by atoms with Crippen LogP contribution in [0.25, 0.3) is 11.0 Å². The number of nitrogens with zero attached hydrogens (tertiary/aromatic N) is 2. The van der Waals surface area contributed by atoms with Gasteiger partial charge in [0.05, 0.1) is 24.7 Å². The van der Waals surface area contributed by atoms with Crippen molar-refractivity contribution >= 4 is 16.9 Å². The molecule has 0 aliphatic heterocycles. The van der Waals surface area contributed by atoms with Crippen LogP contribution in [0.15, 0.2) is 48.5 Å². The molecular weight excluding hydrogens is 314 g/mol. The topological polar surface area (TPSA) is 58.2 Å². The molecule has 1 fully saturated rings. The van der Waals surface area contributed by atoms with E-state index < -0.39 is 0 Å². The van der Waals surface area contributed by atoms with E-state index >= 15 is 0 Å². The molecule has 128 valence electrons. The van der Waals surface area contributed by atoms with Crippen LogP contribution in [0.4, 0.5) is 0 Å². The number of fused-ring (bicyclic) bond motifs is 1. The number of methoxy groups -OCH3 is 1. The first-order chi connectivity index (χ1) is 12.2. The van der Waals surface area contributed by atoms with Crippen LogP contribution < -0.4 is 4.74 Å². The quantitative estimate of drug-likeness (QED) is 0.778. The average Bonchev–Trinajstić information content (AvgIpc) is 3.33. The Morgan fingerprint density at radius 1 is 1.24 bits per heavy atom. The number of aromatic amines is 1. The fourth-order valence-corrected chi connectivity index (χ4v) is 3.45. The second-order valence-corrected chi connectivity index (χ2v) is 6.59. The summed E-state index contributed by atoms with van der Waals surface area (Å²) < 4.78 is 5.42. The molecule has 0 saturated heterocycles. The summed E-state index contributed by atoms with van der Waals surface area (Å²) in [5.41, 5.74) is 3.05. The van der Waals surface area contributed by atoms with Crippen molar-refractivity contribution in [2.45, 2.75) is 18.9 Å². The summed E-state index contributed by atoms with van der Waals surface area (Å²) in [6.07, 6.45) is 0.879. The third-order valence-corrected chi connectivity index (χ3v) is 4.85. The Hall–Kier alpha value is -2.82. The molecule has 2 aromatic carbocycles. The van der Waals surface area contributed by atoms with Crippen molar-refractivity contribution in [3.8, 4) is 5.75 Å². The lowest BCUT2D eigenvalue weighted by molar-refractivity contribution is -0.132. The largest absolute Gasteiger partial charge is 0.496 e. The number of hydrogen-bond acceptors (Lipinski definition) is 3. The summed E-state index contributed by atoms with van der Waals surface area (Å²) in [5.74, 6) is 2.12. The van der Waals surface area contributed by atoms with Gasteiger partial charge >= 0.3 is 0 Å². The summed E-state index contributed by atoms with van der Waals surface area (Å²) in [6.45, 7) is 0.489. The first-order valence-corrected chi connectivity index (χ1v) is 8.49. The Labute approximate surface area is 146 Å². The van der Waals surface area contributed by atoms with Crippen molar-refractivity contribution in [2.24, 2.45) is 5.92 Å². The zero-order valence-electron chi connectivity index (χ0n) is 14.4. The highest BCUT2D eigenvalue weighted by molar-refractivity contribution is 5.83. The molecule has 1 heterocycles. The third kappa shape index (κ3) is 2.97. The van der Waals surface area contributed by atoms with E-state index in [9.17, 15) is 4.79 Å². The normalized spacial score (nSPS) is 19.0. The monoisotopic (exact) mass is 335 g/mol. The van der Waals surface area contributed by atoms with Crippen LogP contribution >= 0.6 is 0 Å². The highest BCUT2D eigenvalue weighted by Gasteiger charge is 2.46. The molecule has 1 aliphatic carbocycles. The Balaban J connectivity index is 1.44. The number of H-pyrrole nitrogens is 1. The predicted octanol–water partition coefficient (Wildman–Crippen LogP) is 3.33. The summed E-state index contributed by atoms with van der Waals surface area (Å²) in [5, 5.41) is 0. The van der Waals surface area contributed by atoms with Gasteiger partial charge in [-0.3, -0.25) is 4.79 Å². The smallest absolute Gasteiger partial charge is 0.226 e. The summed E-state index contributed by atoms with van der Waals surface area (Å²) in [4.78, 5) is 22.3. The summed E-state index contributed by atoms with van der Waals surface area (Å²) in [6, 6.07) is 15.8. The Bertz CT molecular complexity index is 885. The number of aromatic nitrogens is 2. The zero-order valence-corrected chi connectivity index (χ0v) is 14.4. The highest BCUT2D eigenvalue weighted by Crippen LogP contribution is 2.51. The summed E-state index contributed by atoms with van der Waals surface area (Å²) >= 11 is 0. The maximum atomic E-state index is 12.8. The molecule has 1 aromatic heterocycles. The van der Waals surface area contributed by atoms with E-state index in [1.165, 1.54) is 0 Å². The number of imidazole rings is 1. The molecule has 0 bridgehead atoms. The molecule has 1 saturated carbocycles. The number of carbonyl (C=O) groups excluding carboxylic acids is 1. The van der Waals surface area contributed by atoms with E-state index in [1.54, 1.807) is 12.0 Å². The Morgan fingerprint density at radius 3 is 2.80 bits per heavy atom. The molecule has 5 nitrogen and oxygen atoms in total. The first kappa shape index (κ1) is 15.7. The second-order valence-electron chi connectivity index (χ2n) is 6.59. The van der Waals surface area contributed by atoms with Crippen molar-refractivity contribution in [3.63, 3.8) is 0 Å². The maximum absolute atomic E-state index is 12.8. The van der Waals surface area contributed by atoms with E-state index in [4.69, 9.17) is 4.74 Å². The molecule has 1 amide bonds. The summed E-state index contributed by atoms with van der Waals surface area (Å²) in [7, 11) is 3.51.